The fourth-order valence-corrected chi connectivity index (χ4v) is 1.28. The van der Waals surface area contributed by atoms with Crippen molar-refractivity contribution >= 4 is 5.82 Å². The molecule has 0 unspecified atom stereocenters. The van der Waals surface area contributed by atoms with E-state index in [2.05, 4.69) is 30.3 Å². The molecule has 3 heterocycles. The van der Waals surface area contributed by atoms with Crippen LogP contribution in [0.5, 0.6) is 0 Å². The lowest BCUT2D eigenvalue weighted by Crippen LogP contribution is -1.89. The van der Waals surface area contributed by atoms with Gasteiger partial charge in [-0.25, -0.2) is 9.97 Å². The van der Waals surface area contributed by atoms with Crippen molar-refractivity contribution in [2.24, 2.45) is 0 Å². The number of rotatable bonds is 2. The molecule has 0 saturated carbocycles. The average Bonchev–Trinajstić information content (AvgIpc) is 3.00. The van der Waals surface area contributed by atoms with E-state index in [1.165, 1.54) is 6.33 Å². The predicted molar refractivity (Wildman–Crippen MR) is 57.3 cm³/mol. The zero-order valence-corrected chi connectivity index (χ0v) is 8.53. The summed E-state index contributed by atoms with van der Waals surface area (Å²) in [4.78, 5) is 12.0. The molecule has 0 aliphatic heterocycles. The fraction of sp³-hybridized carbons (Fsp3) is 0. The van der Waals surface area contributed by atoms with Gasteiger partial charge in [0.2, 0.25) is 5.82 Å². The van der Waals surface area contributed by atoms with Gasteiger partial charge >= 0.3 is 0 Å². The first-order valence-electron chi connectivity index (χ1n) is 4.74. The Morgan fingerprint density at radius 2 is 2.18 bits per heavy atom. The van der Waals surface area contributed by atoms with Crippen molar-refractivity contribution in [3.05, 3.63) is 24.7 Å². The minimum atomic E-state index is 0.342. The Labute approximate surface area is 94.9 Å². The van der Waals surface area contributed by atoms with E-state index in [1.54, 1.807) is 18.3 Å². The first kappa shape index (κ1) is 9.46. The topological polar surface area (TPSA) is 119 Å². The molecule has 3 aromatic heterocycles. The van der Waals surface area contributed by atoms with Crippen molar-refractivity contribution in [2.45, 2.75) is 0 Å². The van der Waals surface area contributed by atoms with Crippen LogP contribution < -0.4 is 5.73 Å². The summed E-state index contributed by atoms with van der Waals surface area (Å²) >= 11 is 0. The SMILES string of the molecule is Nc1ccc(-c2nc(-c3ncn[nH]3)no2)cn1. The molecule has 84 valence electrons. The Hall–Kier alpha value is -2.77. The summed E-state index contributed by atoms with van der Waals surface area (Å²) in [7, 11) is 0. The molecule has 17 heavy (non-hydrogen) atoms. The minimum Gasteiger partial charge on any atom is -0.384 e. The van der Waals surface area contributed by atoms with Gasteiger partial charge in [0.1, 0.15) is 12.1 Å². The van der Waals surface area contributed by atoms with Crippen LogP contribution in [-0.2, 0) is 0 Å². The number of pyridine rings is 1. The van der Waals surface area contributed by atoms with Gasteiger partial charge in [-0.15, -0.1) is 0 Å². The van der Waals surface area contributed by atoms with Gasteiger partial charge in [-0.1, -0.05) is 5.16 Å². The summed E-state index contributed by atoms with van der Waals surface area (Å²) in [5, 5.41) is 10.1. The van der Waals surface area contributed by atoms with Crippen LogP contribution in [-0.4, -0.2) is 30.3 Å². The lowest BCUT2D eigenvalue weighted by molar-refractivity contribution is 0.432. The van der Waals surface area contributed by atoms with Crippen molar-refractivity contribution in [1.82, 2.24) is 30.3 Å². The molecule has 3 aromatic rings. The Bertz CT molecular complexity index is 613. The number of nitrogens with one attached hydrogen (secondary N) is 1. The molecular weight excluding hydrogens is 222 g/mol. The molecule has 0 aliphatic carbocycles. The lowest BCUT2D eigenvalue weighted by Gasteiger charge is -1.93. The summed E-state index contributed by atoms with van der Waals surface area (Å²) in [6, 6.07) is 3.41. The molecule has 0 amide bonds. The minimum absolute atomic E-state index is 0.342. The predicted octanol–water partition coefficient (Wildman–Crippen LogP) is 0.499. The summed E-state index contributed by atoms with van der Waals surface area (Å²) in [5.74, 6) is 1.57. The molecular formula is C9H7N7O. The zero-order chi connectivity index (χ0) is 11.7. The number of hydrogen-bond acceptors (Lipinski definition) is 7. The molecule has 0 atom stereocenters. The molecule has 0 spiro atoms. The second-order valence-electron chi connectivity index (χ2n) is 3.23. The van der Waals surface area contributed by atoms with Crippen LogP contribution in [0.25, 0.3) is 23.1 Å². The van der Waals surface area contributed by atoms with E-state index >= 15 is 0 Å². The highest BCUT2D eigenvalue weighted by atomic mass is 16.5. The third-order valence-electron chi connectivity index (χ3n) is 2.09. The van der Waals surface area contributed by atoms with Gasteiger partial charge in [-0.2, -0.15) is 10.1 Å². The molecule has 3 N–H and O–H groups in total. The molecule has 0 saturated heterocycles. The highest BCUT2D eigenvalue weighted by molar-refractivity contribution is 5.55. The van der Waals surface area contributed by atoms with Gasteiger partial charge < -0.3 is 10.3 Å². The Morgan fingerprint density at radius 3 is 2.88 bits per heavy atom. The summed E-state index contributed by atoms with van der Waals surface area (Å²) in [6.07, 6.45) is 2.93. The molecule has 0 aliphatic rings. The zero-order valence-electron chi connectivity index (χ0n) is 8.53. The van der Waals surface area contributed by atoms with Crippen molar-refractivity contribution in [1.29, 1.82) is 0 Å². The van der Waals surface area contributed by atoms with Crippen LogP contribution in [0.1, 0.15) is 0 Å². The number of anilines is 1. The van der Waals surface area contributed by atoms with Crippen LogP contribution in [0.4, 0.5) is 5.82 Å². The van der Waals surface area contributed by atoms with Crippen LogP contribution in [0.15, 0.2) is 29.2 Å². The molecule has 0 aromatic carbocycles. The van der Waals surface area contributed by atoms with E-state index in [0.717, 1.165) is 0 Å². The van der Waals surface area contributed by atoms with E-state index < -0.39 is 0 Å². The third-order valence-corrected chi connectivity index (χ3v) is 2.09. The summed E-state index contributed by atoms with van der Waals surface area (Å²) in [6.45, 7) is 0. The third kappa shape index (κ3) is 1.71. The number of H-pyrrole nitrogens is 1. The lowest BCUT2D eigenvalue weighted by atomic mass is 10.3. The van der Waals surface area contributed by atoms with E-state index in [-0.39, 0.29) is 0 Å². The Balaban J connectivity index is 1.98. The molecule has 0 radical (unpaired) electrons. The maximum absolute atomic E-state index is 5.49. The van der Waals surface area contributed by atoms with Crippen molar-refractivity contribution in [2.75, 3.05) is 5.73 Å². The van der Waals surface area contributed by atoms with Gasteiger partial charge in [-0.05, 0) is 12.1 Å². The maximum atomic E-state index is 5.49. The molecule has 8 heteroatoms. The monoisotopic (exact) mass is 229 g/mol. The summed E-state index contributed by atoms with van der Waals surface area (Å²) in [5.41, 5.74) is 6.18. The number of aromatic amines is 1. The highest BCUT2D eigenvalue weighted by Crippen LogP contribution is 2.19. The van der Waals surface area contributed by atoms with Crippen molar-refractivity contribution in [3.63, 3.8) is 0 Å². The number of nitrogen functional groups attached to an aromatic ring is 1. The molecule has 3 rings (SSSR count). The number of aromatic nitrogens is 6. The van der Waals surface area contributed by atoms with Crippen molar-refractivity contribution in [3.8, 4) is 23.1 Å². The van der Waals surface area contributed by atoms with Crippen LogP contribution >= 0.6 is 0 Å². The van der Waals surface area contributed by atoms with Gasteiger partial charge in [0.05, 0.1) is 5.56 Å². The van der Waals surface area contributed by atoms with Crippen LogP contribution in [0.3, 0.4) is 0 Å². The van der Waals surface area contributed by atoms with Gasteiger partial charge in [0, 0.05) is 6.20 Å². The highest BCUT2D eigenvalue weighted by Gasteiger charge is 2.12. The first-order chi connectivity index (χ1) is 8.33. The smallest absolute Gasteiger partial charge is 0.259 e. The van der Waals surface area contributed by atoms with E-state index in [9.17, 15) is 0 Å². The van der Waals surface area contributed by atoms with E-state index in [4.69, 9.17) is 10.3 Å². The van der Waals surface area contributed by atoms with Crippen LogP contribution in [0, 0.1) is 0 Å². The molecule has 0 fully saturated rings. The van der Waals surface area contributed by atoms with Gasteiger partial charge in [0.15, 0.2) is 5.82 Å². The maximum Gasteiger partial charge on any atom is 0.259 e. The van der Waals surface area contributed by atoms with E-state index in [0.29, 0.717) is 28.9 Å². The normalized spacial score (nSPS) is 10.6. The number of hydrogen-bond donors (Lipinski definition) is 2. The fourth-order valence-electron chi connectivity index (χ4n) is 1.28. The number of nitrogens with two attached hydrogens (primary N) is 1. The quantitative estimate of drug-likeness (QED) is 0.656. The average molecular weight is 229 g/mol. The van der Waals surface area contributed by atoms with Gasteiger partial charge in [-0.3, -0.25) is 5.10 Å². The van der Waals surface area contributed by atoms with Crippen molar-refractivity contribution < 1.29 is 4.52 Å². The molecule has 0 bridgehead atoms. The second-order valence-corrected chi connectivity index (χ2v) is 3.23. The Kier molecular flexibility index (Phi) is 2.04. The first-order valence-corrected chi connectivity index (χ1v) is 4.74. The van der Waals surface area contributed by atoms with E-state index in [1.807, 2.05) is 0 Å². The second kappa shape index (κ2) is 3.67. The molecule has 8 nitrogen and oxygen atoms in total. The van der Waals surface area contributed by atoms with Crippen LogP contribution in [0.2, 0.25) is 0 Å². The standard InChI is InChI=1S/C9H7N7O/c10-6-2-1-5(3-11-6)9-14-8(16-17-9)7-12-4-13-15-7/h1-4H,(H2,10,11)(H,12,13,15). The van der Waals surface area contributed by atoms with Gasteiger partial charge in [0.25, 0.3) is 5.89 Å². The number of nitrogens with zero attached hydrogens (tertiary/aromatic N) is 5. The Morgan fingerprint density at radius 1 is 1.24 bits per heavy atom. The largest absolute Gasteiger partial charge is 0.384 e. The summed E-state index contributed by atoms with van der Waals surface area (Å²) < 4.78 is 5.08.